The first kappa shape index (κ1) is 14.8. The molecule has 0 saturated heterocycles. The summed E-state index contributed by atoms with van der Waals surface area (Å²) in [5, 5.41) is 0.652. The van der Waals surface area contributed by atoms with Gasteiger partial charge in [0.2, 0.25) is 0 Å². The van der Waals surface area contributed by atoms with Crippen molar-refractivity contribution in [2.75, 3.05) is 6.61 Å². The zero-order valence-electron chi connectivity index (χ0n) is 11.3. The van der Waals surface area contributed by atoms with Crippen molar-refractivity contribution in [1.29, 1.82) is 0 Å². The molecule has 0 heterocycles. The van der Waals surface area contributed by atoms with Gasteiger partial charge < -0.3 is 9.64 Å². The van der Waals surface area contributed by atoms with Gasteiger partial charge in [-0.15, -0.1) is 0 Å². The van der Waals surface area contributed by atoms with Crippen LogP contribution in [0, 0.1) is 0 Å². The van der Waals surface area contributed by atoms with Gasteiger partial charge in [0.25, 0.3) is 5.91 Å². The predicted molar refractivity (Wildman–Crippen MR) is 74.1 cm³/mol. The van der Waals surface area contributed by atoms with Crippen LogP contribution in [0.15, 0.2) is 24.3 Å². The van der Waals surface area contributed by atoms with Crippen LogP contribution in [-0.4, -0.2) is 29.5 Å². The summed E-state index contributed by atoms with van der Waals surface area (Å²) in [6.07, 6.45) is 0. The molecule has 1 aromatic carbocycles. The highest BCUT2D eigenvalue weighted by Gasteiger charge is 2.20. The molecule has 0 atom stereocenters. The number of carbonyl (C=O) groups excluding carboxylic acids is 1. The van der Waals surface area contributed by atoms with E-state index in [0.717, 1.165) is 0 Å². The number of carbonyl (C=O) groups is 1. The minimum Gasteiger partial charge on any atom is -0.484 e. The van der Waals surface area contributed by atoms with Gasteiger partial charge >= 0.3 is 0 Å². The van der Waals surface area contributed by atoms with E-state index in [1.807, 2.05) is 32.6 Å². The smallest absolute Gasteiger partial charge is 0.260 e. The first-order valence-corrected chi connectivity index (χ1v) is 6.49. The van der Waals surface area contributed by atoms with Gasteiger partial charge in [0.1, 0.15) is 5.75 Å². The average Bonchev–Trinajstić information content (AvgIpc) is 2.27. The molecule has 0 bridgehead atoms. The van der Waals surface area contributed by atoms with Gasteiger partial charge in [-0.3, -0.25) is 4.79 Å². The van der Waals surface area contributed by atoms with E-state index in [1.165, 1.54) is 0 Å². The summed E-state index contributed by atoms with van der Waals surface area (Å²) < 4.78 is 5.45. The van der Waals surface area contributed by atoms with Gasteiger partial charge in [-0.25, -0.2) is 0 Å². The maximum Gasteiger partial charge on any atom is 0.260 e. The molecule has 0 radical (unpaired) electrons. The molecule has 0 N–H and O–H groups in total. The average molecular weight is 270 g/mol. The van der Waals surface area contributed by atoms with E-state index in [1.54, 1.807) is 24.3 Å². The number of nitrogens with zero attached hydrogens (tertiary/aromatic N) is 1. The molecule has 0 spiro atoms. The second kappa shape index (κ2) is 6.64. The Morgan fingerprint density at radius 3 is 2.11 bits per heavy atom. The third-order valence-electron chi connectivity index (χ3n) is 2.58. The maximum absolute atomic E-state index is 12.0. The molecule has 0 aliphatic rings. The molecule has 0 fully saturated rings. The highest BCUT2D eigenvalue weighted by Crippen LogP contribution is 2.16. The van der Waals surface area contributed by atoms with E-state index in [0.29, 0.717) is 10.8 Å². The van der Waals surface area contributed by atoms with Crippen LogP contribution in [0.4, 0.5) is 0 Å². The fourth-order valence-electron chi connectivity index (χ4n) is 1.92. The van der Waals surface area contributed by atoms with E-state index in [4.69, 9.17) is 16.3 Å². The van der Waals surface area contributed by atoms with Crippen LogP contribution in [0.2, 0.25) is 5.02 Å². The number of ether oxygens (including phenoxy) is 1. The lowest BCUT2D eigenvalue weighted by Gasteiger charge is -2.30. The molecule has 1 aromatic rings. The summed E-state index contributed by atoms with van der Waals surface area (Å²) in [5.74, 6) is 0.648. The fraction of sp³-hybridized carbons (Fsp3) is 0.500. The predicted octanol–water partition coefficient (Wildman–Crippen LogP) is 3.36. The summed E-state index contributed by atoms with van der Waals surface area (Å²) in [7, 11) is 0. The quantitative estimate of drug-likeness (QED) is 0.820. The second-order valence-corrected chi connectivity index (χ2v) is 5.17. The first-order valence-electron chi connectivity index (χ1n) is 6.11. The van der Waals surface area contributed by atoms with E-state index < -0.39 is 0 Å². The molecule has 1 amide bonds. The number of hydrogen-bond donors (Lipinski definition) is 0. The molecule has 18 heavy (non-hydrogen) atoms. The van der Waals surface area contributed by atoms with E-state index in [9.17, 15) is 4.79 Å². The number of halogens is 1. The Morgan fingerprint density at radius 2 is 1.67 bits per heavy atom. The van der Waals surface area contributed by atoms with Crippen molar-refractivity contribution < 1.29 is 9.53 Å². The van der Waals surface area contributed by atoms with Crippen LogP contribution in [0.1, 0.15) is 27.7 Å². The van der Waals surface area contributed by atoms with Crippen LogP contribution in [0.3, 0.4) is 0 Å². The lowest BCUT2D eigenvalue weighted by molar-refractivity contribution is -0.136. The highest BCUT2D eigenvalue weighted by atomic mass is 35.5. The Labute approximate surface area is 114 Å². The van der Waals surface area contributed by atoms with E-state index in [-0.39, 0.29) is 24.6 Å². The van der Waals surface area contributed by atoms with Crippen LogP contribution in [-0.2, 0) is 4.79 Å². The van der Waals surface area contributed by atoms with Crippen molar-refractivity contribution in [1.82, 2.24) is 4.90 Å². The van der Waals surface area contributed by atoms with Crippen molar-refractivity contribution in [2.24, 2.45) is 0 Å². The van der Waals surface area contributed by atoms with Gasteiger partial charge in [-0.1, -0.05) is 11.6 Å². The molecule has 0 aliphatic carbocycles. The molecule has 0 unspecified atom stereocenters. The van der Waals surface area contributed by atoms with Crippen LogP contribution < -0.4 is 4.74 Å². The lowest BCUT2D eigenvalue weighted by atomic mass is 10.2. The van der Waals surface area contributed by atoms with E-state index >= 15 is 0 Å². The Morgan fingerprint density at radius 1 is 1.17 bits per heavy atom. The molecule has 0 saturated carbocycles. The van der Waals surface area contributed by atoms with Gasteiger partial charge in [0.15, 0.2) is 6.61 Å². The summed E-state index contributed by atoms with van der Waals surface area (Å²) >= 11 is 5.78. The minimum atomic E-state index is -0.00468. The monoisotopic (exact) mass is 269 g/mol. The van der Waals surface area contributed by atoms with E-state index in [2.05, 4.69) is 0 Å². The number of benzene rings is 1. The zero-order chi connectivity index (χ0) is 13.7. The Kier molecular flexibility index (Phi) is 5.48. The summed E-state index contributed by atoms with van der Waals surface area (Å²) in [6.45, 7) is 8.05. The van der Waals surface area contributed by atoms with Crippen molar-refractivity contribution in [3.8, 4) is 5.75 Å². The summed E-state index contributed by atoms with van der Waals surface area (Å²) in [6, 6.07) is 7.33. The van der Waals surface area contributed by atoms with Gasteiger partial charge in [-0.05, 0) is 52.0 Å². The highest BCUT2D eigenvalue weighted by molar-refractivity contribution is 6.30. The van der Waals surface area contributed by atoms with Crippen molar-refractivity contribution in [3.05, 3.63) is 29.3 Å². The molecular weight excluding hydrogens is 250 g/mol. The SMILES string of the molecule is CC(C)N(C(=O)COc1ccc(Cl)cc1)C(C)C. The number of amides is 1. The second-order valence-electron chi connectivity index (χ2n) is 4.73. The molecule has 4 heteroatoms. The van der Waals surface area contributed by atoms with Gasteiger partial charge in [-0.2, -0.15) is 0 Å². The third-order valence-corrected chi connectivity index (χ3v) is 2.83. The molecule has 0 aliphatic heterocycles. The van der Waals surface area contributed by atoms with Crippen LogP contribution >= 0.6 is 11.6 Å². The molecule has 100 valence electrons. The fourth-order valence-corrected chi connectivity index (χ4v) is 2.05. The maximum atomic E-state index is 12.0. The largest absolute Gasteiger partial charge is 0.484 e. The Bertz CT molecular complexity index is 379. The minimum absolute atomic E-state index is 0.00468. The number of rotatable bonds is 5. The normalized spacial score (nSPS) is 10.8. The summed E-state index contributed by atoms with van der Waals surface area (Å²) in [4.78, 5) is 13.9. The topological polar surface area (TPSA) is 29.5 Å². The first-order chi connectivity index (χ1) is 8.41. The van der Waals surface area contributed by atoms with Crippen molar-refractivity contribution in [2.45, 2.75) is 39.8 Å². The molecule has 0 aromatic heterocycles. The van der Waals surface area contributed by atoms with Crippen molar-refractivity contribution in [3.63, 3.8) is 0 Å². The third kappa shape index (κ3) is 4.22. The van der Waals surface area contributed by atoms with Crippen LogP contribution in [0.25, 0.3) is 0 Å². The Hall–Kier alpha value is -1.22. The number of hydrogen-bond acceptors (Lipinski definition) is 2. The van der Waals surface area contributed by atoms with Gasteiger partial charge in [0.05, 0.1) is 0 Å². The van der Waals surface area contributed by atoms with Crippen molar-refractivity contribution >= 4 is 17.5 Å². The Balaban J connectivity index is 2.57. The zero-order valence-corrected chi connectivity index (χ0v) is 12.1. The lowest BCUT2D eigenvalue weighted by Crippen LogP contribution is -2.44. The summed E-state index contributed by atoms with van der Waals surface area (Å²) in [5.41, 5.74) is 0. The molecule has 3 nitrogen and oxygen atoms in total. The standard InChI is InChI=1S/C14H20ClNO2/c1-10(2)16(11(3)4)14(17)9-18-13-7-5-12(15)6-8-13/h5-8,10-11H,9H2,1-4H3. The van der Waals surface area contributed by atoms with Gasteiger partial charge in [0, 0.05) is 17.1 Å². The van der Waals surface area contributed by atoms with Crippen LogP contribution in [0.5, 0.6) is 5.75 Å². The molecular formula is C14H20ClNO2. The molecule has 1 rings (SSSR count).